The molecule has 2 atom stereocenters. The minimum Gasteiger partial charge on any atom is -0.340 e. The lowest BCUT2D eigenvalue weighted by molar-refractivity contribution is -0.139. The number of nitrogens with zero attached hydrogens (tertiary/aromatic N) is 3. The van der Waals surface area contributed by atoms with Crippen LogP contribution < -0.4 is 5.32 Å². The van der Waals surface area contributed by atoms with E-state index in [0.717, 1.165) is 57.9 Å². The topological polar surface area (TPSA) is 38.8 Å². The smallest absolute Gasteiger partial charge is 0.340 e. The molecule has 1 amide bonds. The van der Waals surface area contributed by atoms with Crippen LogP contribution in [0.15, 0.2) is 48.5 Å². The lowest BCUT2D eigenvalue weighted by Crippen LogP contribution is -2.62. The molecule has 2 aromatic carbocycles. The van der Waals surface area contributed by atoms with Gasteiger partial charge in [0.25, 0.3) is 0 Å². The first-order chi connectivity index (χ1) is 20.1. The highest BCUT2D eigenvalue weighted by atomic mass is 35.5. The van der Waals surface area contributed by atoms with E-state index in [-0.39, 0.29) is 35.4 Å². The lowest BCUT2D eigenvalue weighted by Gasteiger charge is -2.50. The van der Waals surface area contributed by atoms with Gasteiger partial charge in [-0.2, -0.15) is 13.2 Å². The van der Waals surface area contributed by atoms with Crippen LogP contribution in [0, 0.1) is 5.92 Å². The Morgan fingerprint density at radius 2 is 1.64 bits per heavy atom. The largest absolute Gasteiger partial charge is 0.416 e. The van der Waals surface area contributed by atoms with Crippen LogP contribution in [-0.4, -0.2) is 78.0 Å². The molecule has 0 radical (unpaired) electrons. The van der Waals surface area contributed by atoms with Crippen molar-refractivity contribution < 1.29 is 18.0 Å². The Kier molecular flexibility index (Phi) is 9.87. The molecule has 0 aromatic heterocycles. The molecule has 3 fully saturated rings. The SMILES string of the molecule is CC(C)N1C[C@H](C(=O)N2CCN(C3(CNCc4ccccc4C(F)(F)F)CCCCC3)CC2)[C@@H](c2ccc(Cl)cc2)C1. The number of carbonyl (C=O) groups is 1. The van der Waals surface area contributed by atoms with E-state index in [0.29, 0.717) is 30.7 Å². The number of nitrogens with one attached hydrogen (secondary N) is 1. The molecule has 2 aromatic rings. The monoisotopic (exact) mass is 604 g/mol. The zero-order valence-corrected chi connectivity index (χ0v) is 25.6. The highest BCUT2D eigenvalue weighted by molar-refractivity contribution is 6.30. The molecule has 9 heteroatoms. The third-order valence-electron chi connectivity index (χ3n) is 9.83. The fourth-order valence-corrected chi connectivity index (χ4v) is 7.51. The van der Waals surface area contributed by atoms with Crippen molar-refractivity contribution in [1.82, 2.24) is 20.0 Å². The molecule has 42 heavy (non-hydrogen) atoms. The zero-order valence-electron chi connectivity index (χ0n) is 24.8. The maximum Gasteiger partial charge on any atom is 0.416 e. The van der Waals surface area contributed by atoms with Gasteiger partial charge in [0, 0.05) is 74.9 Å². The number of piperazine rings is 1. The van der Waals surface area contributed by atoms with Crippen LogP contribution in [0.3, 0.4) is 0 Å². The summed E-state index contributed by atoms with van der Waals surface area (Å²) in [6, 6.07) is 14.1. The standard InChI is InChI=1S/C33H44ClF3N4O/c1-24(2)40-21-28(25-10-12-27(34)13-11-25)29(22-40)31(42)39-16-18-41(19-17-39)32(14-6-3-7-15-32)23-38-20-26-8-4-5-9-30(26)33(35,36)37/h4-5,8-13,24,28-29,38H,3,6-7,14-23H2,1-2H3/t28-,29+/m1/s1. The molecule has 0 unspecified atom stereocenters. The fraction of sp³-hybridized carbons (Fsp3) is 0.606. The van der Waals surface area contributed by atoms with Crippen LogP contribution in [0.4, 0.5) is 13.2 Å². The third-order valence-corrected chi connectivity index (χ3v) is 10.1. The summed E-state index contributed by atoms with van der Waals surface area (Å²) < 4.78 is 40.6. The Balaban J connectivity index is 1.23. The number of hydrogen-bond donors (Lipinski definition) is 1. The Morgan fingerprint density at radius 3 is 2.29 bits per heavy atom. The Labute approximate surface area is 253 Å². The Bertz CT molecular complexity index is 1190. The molecule has 1 N–H and O–H groups in total. The molecule has 1 aliphatic carbocycles. The van der Waals surface area contributed by atoms with Crippen LogP contribution in [0.25, 0.3) is 0 Å². The molecule has 5 rings (SSSR count). The summed E-state index contributed by atoms with van der Waals surface area (Å²) in [6.45, 7) is 9.78. The quantitative estimate of drug-likeness (QED) is 0.377. The minimum atomic E-state index is -4.36. The zero-order chi connectivity index (χ0) is 29.9. The van der Waals surface area contributed by atoms with E-state index in [2.05, 4.69) is 46.0 Å². The Hall–Kier alpha value is -2.13. The Morgan fingerprint density at radius 1 is 0.976 bits per heavy atom. The minimum absolute atomic E-state index is 0.0841. The van der Waals surface area contributed by atoms with E-state index < -0.39 is 11.7 Å². The number of benzene rings is 2. The summed E-state index contributed by atoms with van der Waals surface area (Å²) in [5, 5.41) is 4.11. The van der Waals surface area contributed by atoms with Crippen molar-refractivity contribution in [2.24, 2.45) is 5.92 Å². The molecular formula is C33H44ClF3N4O. The molecule has 0 bridgehead atoms. The molecule has 0 spiro atoms. The fourth-order valence-electron chi connectivity index (χ4n) is 7.39. The van der Waals surface area contributed by atoms with Crippen LogP contribution in [0.5, 0.6) is 0 Å². The summed E-state index contributed by atoms with van der Waals surface area (Å²) in [5.74, 6) is 0.292. The van der Waals surface area contributed by atoms with E-state index >= 15 is 0 Å². The van der Waals surface area contributed by atoms with Crippen LogP contribution in [-0.2, 0) is 17.5 Å². The predicted octanol–water partition coefficient (Wildman–Crippen LogP) is 6.42. The average molecular weight is 605 g/mol. The van der Waals surface area contributed by atoms with E-state index in [4.69, 9.17) is 11.6 Å². The highest BCUT2D eigenvalue weighted by Gasteiger charge is 2.44. The molecule has 3 aliphatic rings. The maximum atomic E-state index is 14.0. The van der Waals surface area contributed by atoms with Gasteiger partial charge >= 0.3 is 6.18 Å². The van der Waals surface area contributed by atoms with Crippen LogP contribution in [0.2, 0.25) is 5.02 Å². The van der Waals surface area contributed by atoms with Gasteiger partial charge in [0.1, 0.15) is 0 Å². The van der Waals surface area contributed by atoms with Crippen molar-refractivity contribution in [3.05, 3.63) is 70.2 Å². The number of alkyl halides is 3. The van der Waals surface area contributed by atoms with Crippen molar-refractivity contribution in [2.45, 2.75) is 76.2 Å². The number of hydrogen-bond acceptors (Lipinski definition) is 4. The number of carbonyl (C=O) groups excluding carboxylic acids is 1. The maximum absolute atomic E-state index is 14.0. The summed E-state index contributed by atoms with van der Waals surface area (Å²) in [4.78, 5) is 20.9. The van der Waals surface area contributed by atoms with Crippen molar-refractivity contribution >= 4 is 17.5 Å². The van der Waals surface area contributed by atoms with Crippen molar-refractivity contribution in [1.29, 1.82) is 0 Å². The molecule has 2 aliphatic heterocycles. The highest BCUT2D eigenvalue weighted by Crippen LogP contribution is 2.38. The first-order valence-corrected chi connectivity index (χ1v) is 15.8. The molecular weight excluding hydrogens is 561 g/mol. The van der Waals surface area contributed by atoms with Gasteiger partial charge < -0.3 is 10.2 Å². The van der Waals surface area contributed by atoms with E-state index in [1.807, 2.05) is 12.1 Å². The van der Waals surface area contributed by atoms with Crippen molar-refractivity contribution in [3.63, 3.8) is 0 Å². The van der Waals surface area contributed by atoms with Crippen molar-refractivity contribution in [2.75, 3.05) is 45.8 Å². The normalized spacial score (nSPS) is 23.9. The van der Waals surface area contributed by atoms with E-state index in [1.54, 1.807) is 12.1 Å². The van der Waals surface area contributed by atoms with Crippen LogP contribution in [0.1, 0.15) is 68.6 Å². The van der Waals surface area contributed by atoms with Gasteiger partial charge in [-0.1, -0.05) is 61.2 Å². The van der Waals surface area contributed by atoms with E-state index in [9.17, 15) is 18.0 Å². The summed E-state index contributed by atoms with van der Waals surface area (Å²) in [7, 11) is 0. The number of rotatable bonds is 8. The molecule has 230 valence electrons. The van der Waals surface area contributed by atoms with Gasteiger partial charge in [-0.05, 0) is 56.0 Å². The third kappa shape index (κ3) is 6.98. The predicted molar refractivity (Wildman–Crippen MR) is 162 cm³/mol. The van der Waals surface area contributed by atoms with Crippen LogP contribution >= 0.6 is 11.6 Å². The van der Waals surface area contributed by atoms with Crippen molar-refractivity contribution in [3.8, 4) is 0 Å². The lowest BCUT2D eigenvalue weighted by atomic mass is 9.79. The molecule has 2 saturated heterocycles. The van der Waals surface area contributed by atoms with Gasteiger partial charge in [0.15, 0.2) is 0 Å². The first-order valence-electron chi connectivity index (χ1n) is 15.5. The van der Waals surface area contributed by atoms with Gasteiger partial charge in [-0.25, -0.2) is 0 Å². The average Bonchev–Trinajstić information content (AvgIpc) is 3.44. The summed E-state index contributed by atoms with van der Waals surface area (Å²) in [5.41, 5.74) is 0.795. The number of amides is 1. The summed E-state index contributed by atoms with van der Waals surface area (Å²) in [6.07, 6.45) is 1.13. The molecule has 1 saturated carbocycles. The van der Waals surface area contributed by atoms with Gasteiger partial charge in [-0.15, -0.1) is 0 Å². The van der Waals surface area contributed by atoms with E-state index in [1.165, 1.54) is 18.1 Å². The second kappa shape index (κ2) is 13.2. The molecule has 2 heterocycles. The van der Waals surface area contributed by atoms with Gasteiger partial charge in [0.2, 0.25) is 5.91 Å². The van der Waals surface area contributed by atoms with Gasteiger partial charge in [0.05, 0.1) is 11.5 Å². The summed E-state index contributed by atoms with van der Waals surface area (Å²) >= 11 is 6.16. The second-order valence-electron chi connectivity index (χ2n) is 12.7. The molecule has 5 nitrogen and oxygen atoms in total. The number of likely N-dealkylation sites (tertiary alicyclic amines) is 1. The first kappa shape index (κ1) is 31.3. The van der Waals surface area contributed by atoms with Gasteiger partial charge in [-0.3, -0.25) is 14.6 Å². The number of halogens is 4. The second-order valence-corrected chi connectivity index (χ2v) is 13.1.